The van der Waals surface area contributed by atoms with Crippen LogP contribution < -0.4 is 11.1 Å². The fourth-order valence-corrected chi connectivity index (χ4v) is 3.10. The summed E-state index contributed by atoms with van der Waals surface area (Å²) in [5.41, 5.74) is 5.85. The molecule has 31 heavy (non-hydrogen) atoms. The van der Waals surface area contributed by atoms with Crippen LogP contribution in [0.4, 0.5) is 39.4 Å². The SMILES string of the molecule is CCc1nc2ccc(F)cc2n1-c1nc(Nc2ccc(C(F)(F)F)cc2)nc(N)c1F. The molecule has 0 aliphatic heterocycles. The maximum Gasteiger partial charge on any atom is 0.416 e. The zero-order valence-electron chi connectivity index (χ0n) is 16.0. The number of aryl methyl sites for hydroxylation is 1. The van der Waals surface area contributed by atoms with Gasteiger partial charge in [0.25, 0.3) is 0 Å². The summed E-state index contributed by atoms with van der Waals surface area (Å²) in [6.45, 7) is 1.79. The number of alkyl halides is 3. The summed E-state index contributed by atoms with van der Waals surface area (Å²) in [7, 11) is 0. The highest BCUT2D eigenvalue weighted by Crippen LogP contribution is 2.31. The third kappa shape index (κ3) is 3.86. The molecule has 4 rings (SSSR count). The average molecular weight is 434 g/mol. The van der Waals surface area contributed by atoms with E-state index in [0.717, 1.165) is 12.1 Å². The van der Waals surface area contributed by atoms with Crippen LogP contribution in [-0.2, 0) is 12.6 Å². The molecule has 0 amide bonds. The molecular weight excluding hydrogens is 419 g/mol. The van der Waals surface area contributed by atoms with Gasteiger partial charge in [0.2, 0.25) is 11.8 Å². The molecule has 0 aliphatic carbocycles. The Morgan fingerprint density at radius 3 is 2.35 bits per heavy atom. The normalized spacial score (nSPS) is 11.8. The molecular formula is C20H15F5N6. The van der Waals surface area contributed by atoms with Gasteiger partial charge in [-0.15, -0.1) is 0 Å². The van der Waals surface area contributed by atoms with Gasteiger partial charge in [0.1, 0.15) is 11.6 Å². The van der Waals surface area contributed by atoms with Gasteiger partial charge in [0.05, 0.1) is 16.6 Å². The zero-order chi connectivity index (χ0) is 22.3. The van der Waals surface area contributed by atoms with Gasteiger partial charge in [0, 0.05) is 18.2 Å². The molecule has 4 aromatic rings. The smallest absolute Gasteiger partial charge is 0.381 e. The molecule has 11 heteroatoms. The molecule has 0 fully saturated rings. The van der Waals surface area contributed by atoms with Gasteiger partial charge in [-0.05, 0) is 36.4 Å². The number of halogens is 5. The Kier molecular flexibility index (Phi) is 4.96. The summed E-state index contributed by atoms with van der Waals surface area (Å²) >= 11 is 0. The van der Waals surface area contributed by atoms with Gasteiger partial charge in [-0.2, -0.15) is 27.5 Å². The van der Waals surface area contributed by atoms with Crippen molar-refractivity contribution in [2.24, 2.45) is 0 Å². The summed E-state index contributed by atoms with van der Waals surface area (Å²) in [5, 5.41) is 2.71. The highest BCUT2D eigenvalue weighted by Gasteiger charge is 2.30. The van der Waals surface area contributed by atoms with Crippen molar-refractivity contribution in [2.45, 2.75) is 19.5 Å². The van der Waals surface area contributed by atoms with Crippen LogP contribution in [0.3, 0.4) is 0 Å². The van der Waals surface area contributed by atoms with Gasteiger partial charge in [0.15, 0.2) is 11.6 Å². The van der Waals surface area contributed by atoms with E-state index in [-0.39, 0.29) is 23.0 Å². The lowest BCUT2D eigenvalue weighted by molar-refractivity contribution is -0.137. The van der Waals surface area contributed by atoms with Gasteiger partial charge < -0.3 is 11.1 Å². The first kappa shape index (κ1) is 20.5. The molecule has 0 saturated heterocycles. The van der Waals surface area contributed by atoms with Crippen LogP contribution in [0.1, 0.15) is 18.3 Å². The predicted molar refractivity (Wildman–Crippen MR) is 105 cm³/mol. The Labute approximate surface area is 172 Å². The molecule has 0 aliphatic rings. The molecule has 0 spiro atoms. The number of fused-ring (bicyclic) bond motifs is 1. The van der Waals surface area contributed by atoms with E-state index in [0.29, 0.717) is 17.8 Å². The van der Waals surface area contributed by atoms with Crippen molar-refractivity contribution >= 4 is 28.5 Å². The largest absolute Gasteiger partial charge is 0.416 e. The first-order chi connectivity index (χ1) is 14.7. The number of aromatic nitrogens is 4. The fourth-order valence-electron chi connectivity index (χ4n) is 3.10. The van der Waals surface area contributed by atoms with Crippen LogP contribution in [0, 0.1) is 11.6 Å². The number of hydrogen-bond acceptors (Lipinski definition) is 5. The van der Waals surface area contributed by atoms with Crippen molar-refractivity contribution in [3.05, 3.63) is 65.5 Å². The number of nitrogens with two attached hydrogens (primary N) is 1. The maximum absolute atomic E-state index is 14.9. The first-order valence-electron chi connectivity index (χ1n) is 9.12. The molecule has 2 aromatic heterocycles. The molecule has 3 N–H and O–H groups in total. The van der Waals surface area contributed by atoms with E-state index in [1.807, 2.05) is 0 Å². The van der Waals surface area contributed by atoms with E-state index in [9.17, 15) is 22.0 Å². The predicted octanol–water partition coefficient (Wildman–Crippen LogP) is 5.00. The van der Waals surface area contributed by atoms with Crippen LogP contribution in [-0.4, -0.2) is 19.5 Å². The van der Waals surface area contributed by atoms with Gasteiger partial charge in [-0.25, -0.2) is 9.37 Å². The maximum atomic E-state index is 14.9. The van der Waals surface area contributed by atoms with Crippen LogP contribution >= 0.6 is 0 Å². The van der Waals surface area contributed by atoms with Crippen molar-refractivity contribution in [3.8, 4) is 5.82 Å². The van der Waals surface area contributed by atoms with Crippen LogP contribution in [0.25, 0.3) is 16.9 Å². The topological polar surface area (TPSA) is 81.7 Å². The molecule has 6 nitrogen and oxygen atoms in total. The summed E-state index contributed by atoms with van der Waals surface area (Å²) in [6.07, 6.45) is -4.09. The second-order valence-corrected chi connectivity index (χ2v) is 6.62. The second kappa shape index (κ2) is 7.49. The monoisotopic (exact) mass is 434 g/mol. The molecule has 0 saturated carbocycles. The van der Waals surface area contributed by atoms with Crippen molar-refractivity contribution in [2.75, 3.05) is 11.1 Å². The third-order valence-corrected chi connectivity index (χ3v) is 4.54. The lowest BCUT2D eigenvalue weighted by Gasteiger charge is -2.13. The Hall–Kier alpha value is -3.76. The number of nitrogens with one attached hydrogen (secondary N) is 1. The van der Waals surface area contributed by atoms with Crippen molar-refractivity contribution < 1.29 is 22.0 Å². The van der Waals surface area contributed by atoms with Crippen LogP contribution in [0.15, 0.2) is 42.5 Å². The van der Waals surface area contributed by atoms with Gasteiger partial charge in [-0.3, -0.25) is 4.57 Å². The Bertz CT molecular complexity index is 1260. The Morgan fingerprint density at radius 1 is 1.00 bits per heavy atom. The number of anilines is 3. The van der Waals surface area contributed by atoms with E-state index in [1.54, 1.807) is 6.92 Å². The Balaban J connectivity index is 1.80. The molecule has 0 atom stereocenters. The molecule has 0 unspecified atom stereocenters. The lowest BCUT2D eigenvalue weighted by Crippen LogP contribution is -2.12. The number of benzene rings is 2. The van der Waals surface area contributed by atoms with E-state index in [1.165, 1.54) is 34.9 Å². The minimum Gasteiger partial charge on any atom is -0.381 e. The molecule has 2 aromatic carbocycles. The summed E-state index contributed by atoms with van der Waals surface area (Å²) in [6, 6.07) is 8.04. The van der Waals surface area contributed by atoms with Crippen molar-refractivity contribution in [1.82, 2.24) is 19.5 Å². The lowest BCUT2D eigenvalue weighted by atomic mass is 10.2. The summed E-state index contributed by atoms with van der Waals surface area (Å²) in [5.74, 6) is -1.95. The fraction of sp³-hybridized carbons (Fsp3) is 0.150. The standard InChI is InChI=1S/C20H15F5N6/c1-2-15-28-13-8-5-11(21)9-14(13)31(15)18-16(22)17(26)29-19(30-18)27-12-6-3-10(4-7-12)20(23,24)25/h3-9H,2H2,1H3,(H3,26,27,29,30). The minimum absolute atomic E-state index is 0.144. The van der Waals surface area contributed by atoms with Crippen LogP contribution in [0.2, 0.25) is 0 Å². The highest BCUT2D eigenvalue weighted by atomic mass is 19.4. The number of rotatable bonds is 4. The molecule has 0 bridgehead atoms. The number of nitrogens with zero attached hydrogens (tertiary/aromatic N) is 4. The average Bonchev–Trinajstić information content (AvgIpc) is 3.08. The molecule has 2 heterocycles. The quantitative estimate of drug-likeness (QED) is 0.442. The van der Waals surface area contributed by atoms with Gasteiger partial charge >= 0.3 is 6.18 Å². The zero-order valence-corrected chi connectivity index (χ0v) is 16.0. The molecule has 0 radical (unpaired) electrons. The van der Waals surface area contributed by atoms with E-state index >= 15 is 0 Å². The molecule has 160 valence electrons. The minimum atomic E-state index is -4.48. The number of hydrogen-bond donors (Lipinski definition) is 2. The van der Waals surface area contributed by atoms with Gasteiger partial charge in [-0.1, -0.05) is 6.92 Å². The van der Waals surface area contributed by atoms with E-state index in [2.05, 4.69) is 20.3 Å². The van der Waals surface area contributed by atoms with Crippen molar-refractivity contribution in [3.63, 3.8) is 0 Å². The second-order valence-electron chi connectivity index (χ2n) is 6.62. The summed E-state index contributed by atoms with van der Waals surface area (Å²) in [4.78, 5) is 12.3. The van der Waals surface area contributed by atoms with E-state index < -0.39 is 29.2 Å². The third-order valence-electron chi connectivity index (χ3n) is 4.54. The summed E-state index contributed by atoms with van der Waals surface area (Å²) < 4.78 is 68.3. The highest BCUT2D eigenvalue weighted by molar-refractivity contribution is 5.78. The van der Waals surface area contributed by atoms with E-state index in [4.69, 9.17) is 5.73 Å². The first-order valence-corrected chi connectivity index (χ1v) is 9.12. The van der Waals surface area contributed by atoms with Crippen LogP contribution in [0.5, 0.6) is 0 Å². The Morgan fingerprint density at radius 2 is 1.71 bits per heavy atom. The number of nitrogen functional groups attached to an aromatic ring is 1. The van der Waals surface area contributed by atoms with Crippen molar-refractivity contribution in [1.29, 1.82) is 0 Å². The number of imidazole rings is 1.